The lowest BCUT2D eigenvalue weighted by atomic mass is 10.1. The first kappa shape index (κ1) is 18.8. The largest absolute Gasteiger partial charge is 0.481 e. The second-order valence-corrected chi connectivity index (χ2v) is 4.46. The zero-order chi connectivity index (χ0) is 16.6. The lowest BCUT2D eigenvalue weighted by Crippen LogP contribution is -2.30. The molecule has 0 saturated heterocycles. The minimum absolute atomic E-state index is 0.0512. The number of nitrogens with zero attached hydrogens (tertiary/aromatic N) is 2. The summed E-state index contributed by atoms with van der Waals surface area (Å²) in [6.45, 7) is 4.40. The number of aliphatic hydroxyl groups excluding tert-OH is 1. The summed E-state index contributed by atoms with van der Waals surface area (Å²) in [5, 5.41) is 34.6. The molecule has 6 N–H and O–H groups in total. The predicted octanol–water partition coefficient (Wildman–Crippen LogP) is 0.117. The van der Waals surface area contributed by atoms with Gasteiger partial charge in [0.2, 0.25) is 11.8 Å². The van der Waals surface area contributed by atoms with Crippen molar-refractivity contribution < 1.29 is 29.3 Å². The molecule has 0 aliphatic heterocycles. The highest BCUT2D eigenvalue weighted by atomic mass is 16.4. The van der Waals surface area contributed by atoms with Crippen LogP contribution >= 0.6 is 0 Å². The second kappa shape index (κ2) is 8.87. The zero-order valence-electron chi connectivity index (χ0n) is 12.0. The van der Waals surface area contributed by atoms with E-state index >= 15 is 0 Å². The molecule has 0 aliphatic carbocycles. The molecule has 0 radical (unpaired) electrons. The van der Waals surface area contributed by atoms with E-state index in [1.54, 1.807) is 0 Å². The third-order valence-electron chi connectivity index (χ3n) is 2.18. The van der Waals surface area contributed by atoms with Crippen molar-refractivity contribution in [2.45, 2.75) is 32.9 Å². The number of nitrogens with one attached hydrogen (secondary N) is 1. The summed E-state index contributed by atoms with van der Waals surface area (Å²) in [7, 11) is 0. The first-order valence-electron chi connectivity index (χ1n) is 6.07. The molecule has 10 heteroatoms. The van der Waals surface area contributed by atoms with Crippen molar-refractivity contribution in [3.05, 3.63) is 11.8 Å². The second-order valence-electron chi connectivity index (χ2n) is 4.46. The summed E-state index contributed by atoms with van der Waals surface area (Å²) in [6, 6.07) is -1.35. The van der Waals surface area contributed by atoms with E-state index in [0.29, 0.717) is 0 Å². The molecule has 10 nitrogen and oxygen atoms in total. The predicted molar refractivity (Wildman–Crippen MR) is 70.4 cm³/mol. The molecule has 0 spiro atoms. The Morgan fingerprint density at radius 2 is 1.76 bits per heavy atom. The molecule has 0 fully saturated rings. The van der Waals surface area contributed by atoms with Crippen LogP contribution in [0.4, 0.5) is 4.79 Å². The van der Waals surface area contributed by atoms with Crippen molar-refractivity contribution in [2.75, 3.05) is 6.61 Å². The smallest absolute Gasteiger partial charge is 0.405 e. The lowest BCUT2D eigenvalue weighted by Gasteiger charge is -2.16. The van der Waals surface area contributed by atoms with Crippen LogP contribution in [0, 0.1) is 5.92 Å². The van der Waals surface area contributed by atoms with Crippen LogP contribution in [0.1, 0.15) is 44.6 Å². The van der Waals surface area contributed by atoms with Gasteiger partial charge in [0.15, 0.2) is 0 Å². The molecule has 1 amide bonds. The van der Waals surface area contributed by atoms with Gasteiger partial charge >= 0.3 is 6.09 Å². The van der Waals surface area contributed by atoms with Crippen LogP contribution in [-0.4, -0.2) is 44.2 Å². The van der Waals surface area contributed by atoms with Crippen LogP contribution in [0.15, 0.2) is 4.42 Å². The highest BCUT2D eigenvalue weighted by Crippen LogP contribution is 2.21. The molecular formula is C11H20N4O6. The Bertz CT molecular complexity index is 457. The molecule has 0 bridgehead atoms. The van der Waals surface area contributed by atoms with Gasteiger partial charge in [0.25, 0.3) is 5.97 Å². The first-order chi connectivity index (χ1) is 9.68. The highest BCUT2D eigenvalue weighted by Gasteiger charge is 2.25. The van der Waals surface area contributed by atoms with Gasteiger partial charge in [0, 0.05) is 6.92 Å². The number of carbonyl (C=O) groups is 2. The Kier molecular flexibility index (Phi) is 7.94. The van der Waals surface area contributed by atoms with Crippen molar-refractivity contribution in [1.82, 2.24) is 15.5 Å². The maximum absolute atomic E-state index is 10.6. The molecule has 2 atom stereocenters. The van der Waals surface area contributed by atoms with Gasteiger partial charge in [-0.25, -0.2) is 4.79 Å². The minimum atomic E-state index is -1.17. The number of carboxylic acids is 1. The number of hydrogen-bond acceptors (Lipinski definition) is 7. The van der Waals surface area contributed by atoms with E-state index in [-0.39, 0.29) is 24.3 Å². The summed E-state index contributed by atoms with van der Waals surface area (Å²) in [6.07, 6.45) is -1.17. The Hall–Kier alpha value is -2.20. The van der Waals surface area contributed by atoms with E-state index in [0.717, 1.165) is 6.92 Å². The van der Waals surface area contributed by atoms with E-state index in [9.17, 15) is 4.79 Å². The SMILES string of the molecule is CC(=O)O.CC(C)[C@H](NC(=O)O)c1nnc([C@@H](N)CO)o1. The minimum Gasteiger partial charge on any atom is -0.481 e. The molecule has 120 valence electrons. The van der Waals surface area contributed by atoms with Crippen LogP contribution in [0.3, 0.4) is 0 Å². The molecular weight excluding hydrogens is 284 g/mol. The van der Waals surface area contributed by atoms with Gasteiger partial charge in [-0.2, -0.15) is 0 Å². The van der Waals surface area contributed by atoms with Crippen LogP contribution in [0.2, 0.25) is 0 Å². The monoisotopic (exact) mass is 304 g/mol. The van der Waals surface area contributed by atoms with E-state index in [4.69, 9.17) is 30.3 Å². The number of aromatic nitrogens is 2. The van der Waals surface area contributed by atoms with E-state index in [1.165, 1.54) is 0 Å². The fraction of sp³-hybridized carbons (Fsp3) is 0.636. The van der Waals surface area contributed by atoms with Gasteiger partial charge in [-0.1, -0.05) is 13.8 Å². The lowest BCUT2D eigenvalue weighted by molar-refractivity contribution is -0.134. The molecule has 0 unspecified atom stereocenters. The van der Waals surface area contributed by atoms with E-state index in [2.05, 4.69) is 15.5 Å². The number of aliphatic carboxylic acids is 1. The van der Waals surface area contributed by atoms with Gasteiger partial charge in [0.1, 0.15) is 12.1 Å². The number of rotatable bonds is 5. The number of amides is 1. The number of carboxylic acid groups (broad SMARTS) is 2. The summed E-state index contributed by atoms with van der Waals surface area (Å²) < 4.78 is 5.23. The van der Waals surface area contributed by atoms with Gasteiger partial charge in [-0.05, 0) is 5.92 Å². The van der Waals surface area contributed by atoms with Crippen LogP contribution in [0.25, 0.3) is 0 Å². The molecule has 1 rings (SSSR count). The van der Waals surface area contributed by atoms with Crippen molar-refractivity contribution in [2.24, 2.45) is 11.7 Å². The molecule has 1 aromatic heterocycles. The summed E-state index contributed by atoms with van der Waals surface area (Å²) >= 11 is 0. The van der Waals surface area contributed by atoms with Crippen molar-refractivity contribution in [3.8, 4) is 0 Å². The summed E-state index contributed by atoms with van der Waals surface area (Å²) in [5.41, 5.74) is 5.50. The normalized spacial score (nSPS) is 13.0. The number of hydrogen-bond donors (Lipinski definition) is 5. The number of nitrogens with two attached hydrogens (primary N) is 1. The zero-order valence-corrected chi connectivity index (χ0v) is 12.0. The maximum atomic E-state index is 10.6. The molecule has 1 heterocycles. The standard InChI is InChI=1S/C9H16N4O4.C2H4O2/c1-4(2)6(11-9(15)16)8-13-12-7(17-8)5(10)3-14;1-2(3)4/h4-6,11,14H,3,10H2,1-2H3,(H,15,16);1H3,(H,3,4)/t5-,6-;/m0./s1. The topological polar surface area (TPSA) is 172 Å². The third-order valence-corrected chi connectivity index (χ3v) is 2.18. The Morgan fingerprint density at radius 1 is 1.29 bits per heavy atom. The van der Waals surface area contributed by atoms with Gasteiger partial charge in [-0.15, -0.1) is 10.2 Å². The molecule has 0 aromatic carbocycles. The summed E-state index contributed by atoms with van der Waals surface area (Å²) in [4.78, 5) is 19.6. The average molecular weight is 304 g/mol. The molecule has 21 heavy (non-hydrogen) atoms. The van der Waals surface area contributed by atoms with Crippen molar-refractivity contribution in [3.63, 3.8) is 0 Å². The fourth-order valence-corrected chi connectivity index (χ4v) is 1.25. The summed E-state index contributed by atoms with van der Waals surface area (Å²) in [5.74, 6) is -0.661. The van der Waals surface area contributed by atoms with Crippen LogP contribution < -0.4 is 11.1 Å². The molecule has 0 aliphatic rings. The Balaban J connectivity index is 0.000000885. The third kappa shape index (κ3) is 7.22. The Morgan fingerprint density at radius 3 is 2.14 bits per heavy atom. The first-order valence-corrected chi connectivity index (χ1v) is 6.07. The molecule has 0 saturated carbocycles. The van der Waals surface area contributed by atoms with Crippen molar-refractivity contribution >= 4 is 12.1 Å². The van der Waals surface area contributed by atoms with Crippen LogP contribution in [-0.2, 0) is 4.79 Å². The van der Waals surface area contributed by atoms with E-state index < -0.39 is 24.1 Å². The maximum Gasteiger partial charge on any atom is 0.405 e. The number of aliphatic hydroxyl groups is 1. The van der Waals surface area contributed by atoms with Crippen molar-refractivity contribution in [1.29, 1.82) is 0 Å². The van der Waals surface area contributed by atoms with Gasteiger partial charge in [-0.3, -0.25) is 4.79 Å². The fourth-order valence-electron chi connectivity index (χ4n) is 1.25. The highest BCUT2D eigenvalue weighted by molar-refractivity contribution is 5.65. The quantitative estimate of drug-likeness (QED) is 0.506. The van der Waals surface area contributed by atoms with Gasteiger partial charge < -0.3 is 30.8 Å². The average Bonchev–Trinajstić information content (AvgIpc) is 2.83. The van der Waals surface area contributed by atoms with Crippen LogP contribution in [0.5, 0.6) is 0 Å². The van der Waals surface area contributed by atoms with Gasteiger partial charge in [0.05, 0.1) is 6.61 Å². The van der Waals surface area contributed by atoms with E-state index in [1.807, 2.05) is 13.8 Å². The Labute approximate surface area is 121 Å². The molecule has 1 aromatic rings.